The molecule has 4 aromatic carbocycles. The minimum Gasteiger partial charge on any atom is -0.496 e. The van der Waals surface area contributed by atoms with Gasteiger partial charge in [-0.05, 0) is 49.7 Å². The van der Waals surface area contributed by atoms with Crippen molar-refractivity contribution in [2.24, 2.45) is 0 Å². The van der Waals surface area contributed by atoms with Gasteiger partial charge in [0.05, 0.1) is 35.8 Å². The van der Waals surface area contributed by atoms with Crippen molar-refractivity contribution in [3.05, 3.63) is 125 Å². The molecule has 1 amide bonds. The van der Waals surface area contributed by atoms with Crippen molar-refractivity contribution in [3.8, 4) is 5.75 Å². The second-order valence-electron chi connectivity index (χ2n) is 8.76. The Morgan fingerprint density at radius 3 is 2.19 bits per heavy atom. The van der Waals surface area contributed by atoms with Crippen molar-refractivity contribution in [3.63, 3.8) is 0 Å². The Hall–Kier alpha value is -4.10. The van der Waals surface area contributed by atoms with Crippen LogP contribution in [-0.2, 0) is 16.6 Å². The highest BCUT2D eigenvalue weighted by molar-refractivity contribution is 7.92. The first-order valence-electron chi connectivity index (χ1n) is 12.0. The van der Waals surface area contributed by atoms with Crippen LogP contribution in [0.4, 0.5) is 5.69 Å². The number of sulfonamides is 1. The maximum Gasteiger partial charge on any atom is 0.264 e. The fourth-order valence-corrected chi connectivity index (χ4v) is 5.62. The molecule has 0 saturated carbocycles. The minimum atomic E-state index is -3.98. The third-order valence-electron chi connectivity index (χ3n) is 6.15. The number of nitrogens with one attached hydrogen (secondary N) is 1. The average molecular weight is 515 g/mol. The number of hydrogen-bond donors (Lipinski definition) is 1. The van der Waals surface area contributed by atoms with Gasteiger partial charge in [0.25, 0.3) is 15.9 Å². The zero-order valence-corrected chi connectivity index (χ0v) is 21.9. The number of benzene rings is 4. The van der Waals surface area contributed by atoms with E-state index < -0.39 is 10.0 Å². The van der Waals surface area contributed by atoms with Crippen molar-refractivity contribution in [1.29, 1.82) is 0 Å². The molecule has 4 aromatic rings. The SMILES string of the molecule is COc1ccccc1[C@@H](C)NC(=O)c1ccccc1N(Cc1ccccc1)S(=O)(=O)c1ccc(C)cc1. The number of methoxy groups -OCH3 is 1. The standard InChI is InChI=1S/C30H30N2O4S/c1-22-17-19-25(20-18-22)37(34,35)32(21-24-11-5-4-6-12-24)28-15-9-7-14-27(28)30(33)31-23(2)26-13-8-10-16-29(26)36-3/h4-20,23H,21H2,1-3H3,(H,31,33)/t23-/m1/s1. The summed E-state index contributed by atoms with van der Waals surface area (Å²) in [5, 5.41) is 3.00. The molecule has 190 valence electrons. The molecule has 0 spiro atoms. The van der Waals surface area contributed by atoms with Crippen molar-refractivity contribution in [2.75, 3.05) is 11.4 Å². The molecule has 0 heterocycles. The number of ether oxygens (including phenoxy) is 1. The van der Waals surface area contributed by atoms with Crippen molar-refractivity contribution in [1.82, 2.24) is 5.32 Å². The topological polar surface area (TPSA) is 75.7 Å². The number of aryl methyl sites for hydroxylation is 1. The van der Waals surface area contributed by atoms with Gasteiger partial charge >= 0.3 is 0 Å². The molecule has 0 bridgehead atoms. The molecule has 6 nitrogen and oxygen atoms in total. The molecule has 4 rings (SSSR count). The third-order valence-corrected chi connectivity index (χ3v) is 7.92. The summed E-state index contributed by atoms with van der Waals surface area (Å²) in [6, 6.07) is 29.9. The zero-order chi connectivity index (χ0) is 26.4. The molecule has 0 aliphatic carbocycles. The van der Waals surface area contributed by atoms with Crippen LogP contribution >= 0.6 is 0 Å². The largest absolute Gasteiger partial charge is 0.496 e. The summed E-state index contributed by atoms with van der Waals surface area (Å²) in [7, 11) is -2.40. The van der Waals surface area contributed by atoms with Gasteiger partial charge in [0.2, 0.25) is 0 Å². The normalized spacial score (nSPS) is 12.0. The molecule has 7 heteroatoms. The summed E-state index contributed by atoms with van der Waals surface area (Å²) < 4.78 is 34.6. The summed E-state index contributed by atoms with van der Waals surface area (Å²) in [5.74, 6) is 0.280. The van der Waals surface area contributed by atoms with Crippen LogP contribution < -0.4 is 14.4 Å². The molecule has 0 radical (unpaired) electrons. The quantitative estimate of drug-likeness (QED) is 0.302. The molecule has 37 heavy (non-hydrogen) atoms. The van der Waals surface area contributed by atoms with Gasteiger partial charge in [-0.3, -0.25) is 9.10 Å². The van der Waals surface area contributed by atoms with Crippen LogP contribution in [-0.4, -0.2) is 21.4 Å². The predicted octanol–water partition coefficient (Wildman–Crippen LogP) is 5.89. The number of para-hydroxylation sites is 2. The number of anilines is 1. The molecular formula is C30H30N2O4S. The van der Waals surface area contributed by atoms with Gasteiger partial charge in [-0.25, -0.2) is 8.42 Å². The maximum absolute atomic E-state index is 13.9. The van der Waals surface area contributed by atoms with Crippen molar-refractivity contribution >= 4 is 21.6 Å². The first-order valence-corrected chi connectivity index (χ1v) is 13.4. The first kappa shape index (κ1) is 26.0. The molecule has 0 fully saturated rings. The molecule has 0 aromatic heterocycles. The van der Waals surface area contributed by atoms with Gasteiger partial charge in [-0.2, -0.15) is 0 Å². The molecule has 0 aliphatic rings. The van der Waals surface area contributed by atoms with E-state index in [4.69, 9.17) is 4.74 Å². The molecule has 0 aliphatic heterocycles. The number of carbonyl (C=O) groups excluding carboxylic acids is 1. The Kier molecular flexibility index (Phi) is 7.94. The monoisotopic (exact) mass is 514 g/mol. The highest BCUT2D eigenvalue weighted by Crippen LogP contribution is 2.31. The first-order chi connectivity index (χ1) is 17.8. The van der Waals surface area contributed by atoms with Crippen LogP contribution in [0.5, 0.6) is 5.75 Å². The Balaban J connectivity index is 1.75. The second kappa shape index (κ2) is 11.3. The fraction of sp³-hybridized carbons (Fsp3) is 0.167. The minimum absolute atomic E-state index is 0.0728. The number of amides is 1. The highest BCUT2D eigenvalue weighted by Gasteiger charge is 2.29. The van der Waals surface area contributed by atoms with Crippen LogP contribution in [0.3, 0.4) is 0 Å². The number of rotatable bonds is 9. The Labute approximate surface area is 218 Å². The fourth-order valence-electron chi connectivity index (χ4n) is 4.15. The van der Waals surface area contributed by atoms with Crippen molar-refractivity contribution in [2.45, 2.75) is 31.3 Å². The Morgan fingerprint density at radius 2 is 1.49 bits per heavy atom. The van der Waals surface area contributed by atoms with Crippen molar-refractivity contribution < 1.29 is 17.9 Å². The summed E-state index contributed by atoms with van der Waals surface area (Å²) in [6.07, 6.45) is 0. The van der Waals surface area contributed by atoms with E-state index in [0.717, 1.165) is 16.7 Å². The van der Waals surface area contributed by atoms with Gasteiger partial charge in [0.15, 0.2) is 0 Å². The van der Waals surface area contributed by atoms with Crippen LogP contribution in [0.1, 0.15) is 40.0 Å². The maximum atomic E-state index is 13.9. The number of hydrogen-bond acceptors (Lipinski definition) is 4. The second-order valence-corrected chi connectivity index (χ2v) is 10.6. The summed E-state index contributed by atoms with van der Waals surface area (Å²) in [5.41, 5.74) is 3.14. The van der Waals surface area contributed by atoms with E-state index in [1.165, 1.54) is 4.31 Å². The van der Waals surface area contributed by atoms with E-state index in [0.29, 0.717) is 11.4 Å². The van der Waals surface area contributed by atoms with Gasteiger partial charge in [0, 0.05) is 5.56 Å². The van der Waals surface area contributed by atoms with E-state index in [1.54, 1.807) is 55.6 Å². The van der Waals surface area contributed by atoms with E-state index in [-0.39, 0.29) is 29.0 Å². The van der Waals surface area contributed by atoms with Gasteiger partial charge in [-0.1, -0.05) is 78.4 Å². The lowest BCUT2D eigenvalue weighted by Crippen LogP contribution is -2.34. The molecule has 1 N–H and O–H groups in total. The predicted molar refractivity (Wildman–Crippen MR) is 146 cm³/mol. The van der Waals surface area contributed by atoms with Crippen LogP contribution in [0, 0.1) is 6.92 Å². The van der Waals surface area contributed by atoms with E-state index in [2.05, 4.69) is 5.32 Å². The average Bonchev–Trinajstić information content (AvgIpc) is 2.92. The molecular weight excluding hydrogens is 484 g/mol. The highest BCUT2D eigenvalue weighted by atomic mass is 32.2. The van der Waals surface area contributed by atoms with E-state index >= 15 is 0 Å². The Morgan fingerprint density at radius 1 is 0.865 bits per heavy atom. The van der Waals surface area contributed by atoms with Crippen LogP contribution in [0.25, 0.3) is 0 Å². The molecule has 0 unspecified atom stereocenters. The zero-order valence-electron chi connectivity index (χ0n) is 21.1. The number of nitrogens with zero attached hydrogens (tertiary/aromatic N) is 1. The third kappa shape index (κ3) is 5.84. The lowest BCUT2D eigenvalue weighted by Gasteiger charge is -2.27. The van der Waals surface area contributed by atoms with E-state index in [9.17, 15) is 13.2 Å². The Bertz CT molecular complexity index is 1470. The van der Waals surface area contributed by atoms with E-state index in [1.807, 2.05) is 68.4 Å². The smallest absolute Gasteiger partial charge is 0.264 e. The van der Waals surface area contributed by atoms with Gasteiger partial charge in [-0.15, -0.1) is 0 Å². The summed E-state index contributed by atoms with van der Waals surface area (Å²) in [6.45, 7) is 3.84. The lowest BCUT2D eigenvalue weighted by atomic mass is 10.1. The summed E-state index contributed by atoms with van der Waals surface area (Å²) in [4.78, 5) is 13.7. The molecule has 0 saturated heterocycles. The lowest BCUT2D eigenvalue weighted by molar-refractivity contribution is 0.0940. The van der Waals surface area contributed by atoms with Gasteiger partial charge < -0.3 is 10.1 Å². The molecule has 1 atom stereocenters. The van der Waals surface area contributed by atoms with Crippen LogP contribution in [0.15, 0.2) is 108 Å². The van der Waals surface area contributed by atoms with Gasteiger partial charge in [0.1, 0.15) is 5.75 Å². The summed E-state index contributed by atoms with van der Waals surface area (Å²) >= 11 is 0. The number of carbonyl (C=O) groups is 1. The van der Waals surface area contributed by atoms with Crippen LogP contribution in [0.2, 0.25) is 0 Å².